The van der Waals surface area contributed by atoms with Gasteiger partial charge in [0.2, 0.25) is 10.0 Å². The molecule has 0 aliphatic carbocycles. The second-order valence-electron chi connectivity index (χ2n) is 4.61. The van der Waals surface area contributed by atoms with Gasteiger partial charge in [-0.2, -0.15) is 4.31 Å². The Kier molecular flexibility index (Phi) is 4.98. The van der Waals surface area contributed by atoms with Gasteiger partial charge in [-0.25, -0.2) is 8.42 Å². The molecule has 0 amide bonds. The highest BCUT2D eigenvalue weighted by Gasteiger charge is 2.26. The maximum atomic E-state index is 12.5. The van der Waals surface area contributed by atoms with Crippen molar-refractivity contribution in [1.82, 2.24) is 4.31 Å². The van der Waals surface area contributed by atoms with Crippen molar-refractivity contribution in [3.63, 3.8) is 0 Å². The first-order chi connectivity index (χ1) is 9.45. The normalized spacial score (nSPS) is 13.8. The van der Waals surface area contributed by atoms with E-state index in [1.165, 1.54) is 20.5 Å². The van der Waals surface area contributed by atoms with Crippen LogP contribution >= 0.6 is 22.7 Å². The van der Waals surface area contributed by atoms with Crippen molar-refractivity contribution in [2.45, 2.75) is 30.8 Å². The van der Waals surface area contributed by atoms with E-state index in [0.29, 0.717) is 11.4 Å². The molecule has 2 rings (SSSR count). The van der Waals surface area contributed by atoms with Crippen molar-refractivity contribution in [2.24, 2.45) is 5.73 Å². The SMILES string of the molecule is CC(Cc1cccs1)N(C)S(=O)(=O)c1csc(CN)c1. The molecule has 0 aliphatic rings. The van der Waals surface area contributed by atoms with Crippen molar-refractivity contribution in [2.75, 3.05) is 7.05 Å². The molecule has 0 aliphatic heterocycles. The fourth-order valence-electron chi connectivity index (χ4n) is 1.85. The van der Waals surface area contributed by atoms with Crippen LogP contribution in [0.2, 0.25) is 0 Å². The van der Waals surface area contributed by atoms with Crippen LogP contribution in [-0.2, 0) is 23.0 Å². The summed E-state index contributed by atoms with van der Waals surface area (Å²) in [5.41, 5.74) is 5.54. The summed E-state index contributed by atoms with van der Waals surface area (Å²) in [4.78, 5) is 2.40. The van der Waals surface area contributed by atoms with Gasteiger partial charge in [0.05, 0.1) is 4.90 Å². The van der Waals surface area contributed by atoms with Crippen LogP contribution < -0.4 is 5.73 Å². The second kappa shape index (κ2) is 6.36. The van der Waals surface area contributed by atoms with E-state index in [4.69, 9.17) is 5.73 Å². The predicted octanol–water partition coefficient (Wildman–Crippen LogP) is 2.52. The minimum absolute atomic E-state index is 0.0834. The molecule has 110 valence electrons. The number of thiophene rings is 2. The second-order valence-corrected chi connectivity index (χ2v) is 8.63. The van der Waals surface area contributed by atoms with Crippen molar-refractivity contribution >= 4 is 32.7 Å². The summed E-state index contributed by atoms with van der Waals surface area (Å²) < 4.78 is 26.5. The molecule has 1 unspecified atom stereocenters. The first-order valence-corrected chi connectivity index (χ1v) is 9.43. The maximum Gasteiger partial charge on any atom is 0.243 e. The molecular formula is C13H18N2O2S3. The molecule has 0 bridgehead atoms. The third kappa shape index (κ3) is 3.29. The molecule has 2 aromatic heterocycles. The van der Waals surface area contributed by atoms with Crippen LogP contribution in [-0.4, -0.2) is 25.8 Å². The third-order valence-electron chi connectivity index (χ3n) is 3.21. The Balaban J connectivity index is 2.15. The quantitative estimate of drug-likeness (QED) is 0.885. The van der Waals surface area contributed by atoms with Crippen LogP contribution in [0.25, 0.3) is 0 Å². The van der Waals surface area contributed by atoms with Crippen LogP contribution in [0.5, 0.6) is 0 Å². The first kappa shape index (κ1) is 15.7. The minimum atomic E-state index is -3.44. The number of hydrogen-bond donors (Lipinski definition) is 1. The van der Waals surface area contributed by atoms with Crippen LogP contribution in [0.4, 0.5) is 0 Å². The Bertz CT molecular complexity index is 647. The predicted molar refractivity (Wildman–Crippen MR) is 84.6 cm³/mol. The van der Waals surface area contributed by atoms with Gasteiger partial charge in [0, 0.05) is 34.8 Å². The zero-order valence-corrected chi connectivity index (χ0v) is 13.9. The molecule has 0 fully saturated rings. The number of sulfonamides is 1. The molecule has 0 aromatic carbocycles. The lowest BCUT2D eigenvalue weighted by Crippen LogP contribution is -2.36. The molecule has 0 radical (unpaired) electrons. The van der Waals surface area contributed by atoms with Gasteiger partial charge in [0.15, 0.2) is 0 Å². The summed E-state index contributed by atoms with van der Waals surface area (Å²) in [6.45, 7) is 2.29. The third-order valence-corrected chi connectivity index (χ3v) is 7.16. The van der Waals surface area contributed by atoms with Crippen molar-refractivity contribution in [1.29, 1.82) is 0 Å². The minimum Gasteiger partial charge on any atom is -0.326 e. The van der Waals surface area contributed by atoms with Crippen LogP contribution in [0.15, 0.2) is 33.9 Å². The van der Waals surface area contributed by atoms with Gasteiger partial charge in [-0.05, 0) is 30.9 Å². The average Bonchev–Trinajstić information content (AvgIpc) is 3.08. The lowest BCUT2D eigenvalue weighted by atomic mass is 10.2. The lowest BCUT2D eigenvalue weighted by Gasteiger charge is -2.23. The lowest BCUT2D eigenvalue weighted by molar-refractivity contribution is 0.388. The van der Waals surface area contributed by atoms with E-state index >= 15 is 0 Å². The largest absolute Gasteiger partial charge is 0.326 e. The first-order valence-electron chi connectivity index (χ1n) is 6.23. The van der Waals surface area contributed by atoms with E-state index in [9.17, 15) is 8.42 Å². The van der Waals surface area contributed by atoms with Crippen LogP contribution in [0.1, 0.15) is 16.7 Å². The molecule has 4 nitrogen and oxygen atoms in total. The fraction of sp³-hybridized carbons (Fsp3) is 0.385. The van der Waals surface area contributed by atoms with Gasteiger partial charge in [0.25, 0.3) is 0 Å². The van der Waals surface area contributed by atoms with E-state index < -0.39 is 10.0 Å². The van der Waals surface area contributed by atoms with Gasteiger partial charge < -0.3 is 5.73 Å². The Morgan fingerprint density at radius 3 is 2.65 bits per heavy atom. The van der Waals surface area contributed by atoms with Gasteiger partial charge in [-0.1, -0.05) is 6.07 Å². The van der Waals surface area contributed by atoms with Crippen LogP contribution in [0, 0.1) is 0 Å². The summed E-state index contributed by atoms with van der Waals surface area (Å²) in [7, 11) is -1.81. The summed E-state index contributed by atoms with van der Waals surface area (Å²) in [6, 6.07) is 5.58. The zero-order valence-electron chi connectivity index (χ0n) is 11.4. The maximum absolute atomic E-state index is 12.5. The Hall–Kier alpha value is -0.730. The average molecular weight is 331 g/mol. The molecule has 0 saturated heterocycles. The summed E-state index contributed by atoms with van der Waals surface area (Å²) in [5, 5.41) is 3.66. The summed E-state index contributed by atoms with van der Waals surface area (Å²) >= 11 is 3.03. The zero-order chi connectivity index (χ0) is 14.8. The highest BCUT2D eigenvalue weighted by atomic mass is 32.2. The Morgan fingerprint density at radius 2 is 2.10 bits per heavy atom. The topological polar surface area (TPSA) is 63.4 Å². The number of nitrogens with two attached hydrogens (primary N) is 1. The smallest absolute Gasteiger partial charge is 0.243 e. The number of likely N-dealkylation sites (N-methyl/N-ethyl adjacent to an activating group) is 1. The Morgan fingerprint density at radius 1 is 1.35 bits per heavy atom. The van der Waals surface area contributed by atoms with Gasteiger partial charge in [-0.15, -0.1) is 22.7 Å². The molecule has 2 aromatic rings. The molecule has 2 N–H and O–H groups in total. The van der Waals surface area contributed by atoms with Crippen LogP contribution in [0.3, 0.4) is 0 Å². The van der Waals surface area contributed by atoms with E-state index in [-0.39, 0.29) is 6.04 Å². The number of nitrogens with zero attached hydrogens (tertiary/aromatic N) is 1. The summed E-state index contributed by atoms with van der Waals surface area (Å²) in [6.07, 6.45) is 0.723. The van der Waals surface area contributed by atoms with Crippen molar-refractivity contribution in [3.05, 3.63) is 38.7 Å². The monoisotopic (exact) mass is 330 g/mol. The highest BCUT2D eigenvalue weighted by Crippen LogP contribution is 2.24. The highest BCUT2D eigenvalue weighted by molar-refractivity contribution is 7.89. The van der Waals surface area contributed by atoms with Crippen molar-refractivity contribution in [3.8, 4) is 0 Å². The molecule has 0 spiro atoms. The number of rotatable bonds is 6. The molecule has 1 atom stereocenters. The molecule has 2 heterocycles. The standard InChI is InChI=1S/C13H18N2O2S3/c1-10(6-11-4-3-5-18-11)15(2)20(16,17)13-7-12(8-14)19-9-13/h3-5,7,9-10H,6,8,14H2,1-2H3. The van der Waals surface area contributed by atoms with E-state index in [2.05, 4.69) is 0 Å². The Labute approximate surface area is 127 Å². The summed E-state index contributed by atoms with van der Waals surface area (Å²) in [5.74, 6) is 0. The van der Waals surface area contributed by atoms with E-state index in [0.717, 1.165) is 11.3 Å². The fourth-order valence-corrected chi connectivity index (χ4v) is 5.19. The van der Waals surface area contributed by atoms with Gasteiger partial charge in [0.1, 0.15) is 0 Å². The van der Waals surface area contributed by atoms with E-state index in [1.807, 2.05) is 24.4 Å². The molecular weight excluding hydrogens is 312 g/mol. The number of hydrogen-bond acceptors (Lipinski definition) is 5. The molecule has 20 heavy (non-hydrogen) atoms. The van der Waals surface area contributed by atoms with Crippen molar-refractivity contribution < 1.29 is 8.42 Å². The molecule has 0 saturated carbocycles. The van der Waals surface area contributed by atoms with Gasteiger partial charge in [-0.3, -0.25) is 0 Å². The van der Waals surface area contributed by atoms with Gasteiger partial charge >= 0.3 is 0 Å². The van der Waals surface area contributed by atoms with E-state index in [1.54, 1.807) is 29.8 Å². The molecule has 7 heteroatoms.